The topological polar surface area (TPSA) is 15.3 Å². The molecule has 22 heavy (non-hydrogen) atoms. The summed E-state index contributed by atoms with van der Waals surface area (Å²) in [5.41, 5.74) is -0.887. The van der Waals surface area contributed by atoms with Crippen molar-refractivity contribution in [3.63, 3.8) is 0 Å². The van der Waals surface area contributed by atoms with Crippen molar-refractivity contribution in [3.05, 3.63) is 35.1 Å². The number of alkyl halides is 3. The molecule has 1 aromatic rings. The molecular formula is C16H22F4N2. The predicted octanol–water partition coefficient (Wildman–Crippen LogP) is 3.84. The molecule has 0 spiro atoms. The largest absolute Gasteiger partial charge is 0.416 e. The Morgan fingerprint density at radius 3 is 2.14 bits per heavy atom. The fourth-order valence-electron chi connectivity index (χ4n) is 3.08. The molecule has 1 atom stereocenters. The average molecular weight is 318 g/mol. The van der Waals surface area contributed by atoms with Crippen LogP contribution in [0.1, 0.15) is 37.9 Å². The first-order valence-electron chi connectivity index (χ1n) is 7.42. The number of piperazine rings is 1. The van der Waals surface area contributed by atoms with E-state index < -0.39 is 17.6 Å². The van der Waals surface area contributed by atoms with Crippen molar-refractivity contribution in [1.29, 1.82) is 0 Å². The van der Waals surface area contributed by atoms with Gasteiger partial charge in [-0.2, -0.15) is 13.2 Å². The number of nitrogens with one attached hydrogen (secondary N) is 1. The summed E-state index contributed by atoms with van der Waals surface area (Å²) < 4.78 is 52.5. The quantitative estimate of drug-likeness (QED) is 0.834. The maximum Gasteiger partial charge on any atom is 0.416 e. The molecule has 124 valence electrons. The summed E-state index contributed by atoms with van der Waals surface area (Å²) in [5.74, 6) is -0.784. The van der Waals surface area contributed by atoms with Gasteiger partial charge in [0, 0.05) is 37.8 Å². The Hall–Kier alpha value is -1.14. The van der Waals surface area contributed by atoms with Gasteiger partial charge in [-0.05, 0) is 17.5 Å². The van der Waals surface area contributed by atoms with Crippen LogP contribution < -0.4 is 5.32 Å². The van der Waals surface area contributed by atoms with Crippen molar-refractivity contribution in [1.82, 2.24) is 10.2 Å². The monoisotopic (exact) mass is 318 g/mol. The molecule has 1 fully saturated rings. The number of hydrogen-bond donors (Lipinski definition) is 1. The lowest BCUT2D eigenvalue weighted by Crippen LogP contribution is -2.48. The second-order valence-corrected chi connectivity index (χ2v) is 6.79. The van der Waals surface area contributed by atoms with Crippen molar-refractivity contribution in [3.8, 4) is 0 Å². The van der Waals surface area contributed by atoms with Gasteiger partial charge in [0.05, 0.1) is 5.56 Å². The highest BCUT2D eigenvalue weighted by Crippen LogP contribution is 2.40. The molecule has 0 amide bonds. The lowest BCUT2D eigenvalue weighted by Gasteiger charge is -2.42. The minimum absolute atomic E-state index is 0.253. The molecule has 0 radical (unpaired) electrons. The molecule has 0 aliphatic carbocycles. The number of halogens is 4. The summed E-state index contributed by atoms with van der Waals surface area (Å²) in [6.07, 6.45) is -4.52. The van der Waals surface area contributed by atoms with E-state index in [0.29, 0.717) is 11.6 Å². The molecular weight excluding hydrogens is 296 g/mol. The zero-order valence-electron chi connectivity index (χ0n) is 13.1. The van der Waals surface area contributed by atoms with Crippen molar-refractivity contribution >= 4 is 0 Å². The van der Waals surface area contributed by atoms with Crippen LogP contribution in [0.15, 0.2) is 18.2 Å². The molecule has 2 rings (SSSR count). The van der Waals surface area contributed by atoms with Crippen molar-refractivity contribution < 1.29 is 17.6 Å². The summed E-state index contributed by atoms with van der Waals surface area (Å²) in [5, 5.41) is 3.23. The third-order valence-electron chi connectivity index (χ3n) is 3.96. The van der Waals surface area contributed by atoms with Crippen LogP contribution in [0.2, 0.25) is 0 Å². The van der Waals surface area contributed by atoms with Gasteiger partial charge in [0.1, 0.15) is 5.82 Å². The van der Waals surface area contributed by atoms with Crippen molar-refractivity contribution in [2.45, 2.75) is 33.0 Å². The maximum absolute atomic E-state index is 14.4. The molecule has 1 saturated heterocycles. The standard InChI is InChI=1S/C16H22F4N2/c1-15(2,3)14(22-8-6-21-7-9-22)12-5-4-11(10-13(12)17)16(18,19)20/h4-5,10,14,21H,6-9H2,1-3H3/t14-/m1/s1. The van der Waals surface area contributed by atoms with E-state index in [-0.39, 0.29) is 11.5 Å². The zero-order valence-corrected chi connectivity index (χ0v) is 13.1. The number of nitrogens with zero attached hydrogens (tertiary/aromatic N) is 1. The Balaban J connectivity index is 2.40. The Kier molecular flexibility index (Phi) is 4.82. The molecule has 0 bridgehead atoms. The second kappa shape index (κ2) is 6.16. The highest BCUT2D eigenvalue weighted by atomic mass is 19.4. The van der Waals surface area contributed by atoms with Crippen LogP contribution in [0.25, 0.3) is 0 Å². The Labute approximate surface area is 128 Å². The summed E-state index contributed by atoms with van der Waals surface area (Å²) in [6, 6.07) is 2.61. The van der Waals surface area contributed by atoms with Crippen molar-refractivity contribution in [2.24, 2.45) is 5.41 Å². The Morgan fingerprint density at radius 2 is 1.68 bits per heavy atom. The van der Waals surface area contributed by atoms with E-state index in [4.69, 9.17) is 0 Å². The maximum atomic E-state index is 14.4. The number of hydrogen-bond acceptors (Lipinski definition) is 2. The van der Waals surface area contributed by atoms with Gasteiger partial charge in [-0.15, -0.1) is 0 Å². The fraction of sp³-hybridized carbons (Fsp3) is 0.625. The fourth-order valence-corrected chi connectivity index (χ4v) is 3.08. The van der Waals surface area contributed by atoms with E-state index >= 15 is 0 Å². The first kappa shape index (κ1) is 17.2. The summed E-state index contributed by atoms with van der Waals surface area (Å²) in [6.45, 7) is 9.05. The minimum Gasteiger partial charge on any atom is -0.314 e. The van der Waals surface area contributed by atoms with Crippen LogP contribution >= 0.6 is 0 Å². The highest BCUT2D eigenvalue weighted by molar-refractivity contribution is 5.30. The van der Waals surface area contributed by atoms with Crippen LogP contribution in [0, 0.1) is 11.2 Å². The third kappa shape index (κ3) is 3.79. The first-order chi connectivity index (χ1) is 10.1. The summed E-state index contributed by atoms with van der Waals surface area (Å²) in [4.78, 5) is 2.14. The normalized spacial score (nSPS) is 19.2. The molecule has 0 aromatic heterocycles. The smallest absolute Gasteiger partial charge is 0.314 e. The minimum atomic E-state index is -4.52. The van der Waals surface area contributed by atoms with Gasteiger partial charge in [0.2, 0.25) is 0 Å². The molecule has 6 heteroatoms. The predicted molar refractivity (Wildman–Crippen MR) is 78.0 cm³/mol. The van der Waals surface area contributed by atoms with Crippen LogP contribution in [0.4, 0.5) is 17.6 Å². The van der Waals surface area contributed by atoms with Crippen LogP contribution in [0.5, 0.6) is 0 Å². The van der Waals surface area contributed by atoms with Gasteiger partial charge >= 0.3 is 6.18 Å². The molecule has 0 unspecified atom stereocenters. The van der Waals surface area contributed by atoms with E-state index in [9.17, 15) is 17.6 Å². The first-order valence-corrected chi connectivity index (χ1v) is 7.42. The van der Waals surface area contributed by atoms with Crippen molar-refractivity contribution in [2.75, 3.05) is 26.2 Å². The molecule has 0 saturated carbocycles. The number of rotatable bonds is 2. The van der Waals surface area contributed by atoms with Crippen LogP contribution in [0.3, 0.4) is 0 Å². The molecule has 1 aliphatic rings. The summed E-state index contributed by atoms with van der Waals surface area (Å²) >= 11 is 0. The lowest BCUT2D eigenvalue weighted by molar-refractivity contribution is -0.137. The number of benzene rings is 1. The van der Waals surface area contributed by atoms with Crippen LogP contribution in [-0.2, 0) is 6.18 Å². The van der Waals surface area contributed by atoms with E-state index in [1.165, 1.54) is 6.07 Å². The Bertz CT molecular complexity index is 514. The van der Waals surface area contributed by atoms with E-state index in [2.05, 4.69) is 10.2 Å². The SMILES string of the molecule is CC(C)(C)[C@@H](c1ccc(C(F)(F)F)cc1F)N1CCNCC1. The second-order valence-electron chi connectivity index (χ2n) is 6.79. The average Bonchev–Trinajstić information content (AvgIpc) is 2.39. The van der Waals surface area contributed by atoms with Gasteiger partial charge < -0.3 is 5.32 Å². The molecule has 1 aromatic carbocycles. The van der Waals surface area contributed by atoms with Gasteiger partial charge in [-0.1, -0.05) is 26.8 Å². The van der Waals surface area contributed by atoms with Gasteiger partial charge in [-0.25, -0.2) is 4.39 Å². The van der Waals surface area contributed by atoms with Gasteiger partial charge in [-0.3, -0.25) is 4.90 Å². The summed E-state index contributed by atoms with van der Waals surface area (Å²) in [7, 11) is 0. The molecule has 1 N–H and O–H groups in total. The Morgan fingerprint density at radius 1 is 1.09 bits per heavy atom. The van der Waals surface area contributed by atoms with E-state index in [0.717, 1.165) is 32.2 Å². The van der Waals surface area contributed by atoms with E-state index in [1.807, 2.05) is 20.8 Å². The lowest BCUT2D eigenvalue weighted by atomic mass is 9.80. The van der Waals surface area contributed by atoms with Gasteiger partial charge in [0.25, 0.3) is 0 Å². The molecule has 1 heterocycles. The van der Waals surface area contributed by atoms with Crippen LogP contribution in [-0.4, -0.2) is 31.1 Å². The highest BCUT2D eigenvalue weighted by Gasteiger charge is 2.36. The third-order valence-corrected chi connectivity index (χ3v) is 3.96. The molecule has 2 nitrogen and oxygen atoms in total. The molecule has 1 aliphatic heterocycles. The zero-order chi connectivity index (χ0) is 16.5. The van der Waals surface area contributed by atoms with Gasteiger partial charge in [0.15, 0.2) is 0 Å². The van der Waals surface area contributed by atoms with E-state index in [1.54, 1.807) is 0 Å².